The van der Waals surface area contributed by atoms with E-state index in [-0.39, 0.29) is 23.7 Å². The predicted molar refractivity (Wildman–Crippen MR) is 88.4 cm³/mol. The first-order valence-electron chi connectivity index (χ1n) is 7.32. The van der Waals surface area contributed by atoms with Crippen molar-refractivity contribution in [1.29, 1.82) is 0 Å². The summed E-state index contributed by atoms with van der Waals surface area (Å²) in [5.41, 5.74) is 5.85. The number of aromatic nitrogens is 1. The van der Waals surface area contributed by atoms with E-state index >= 15 is 0 Å². The van der Waals surface area contributed by atoms with Gasteiger partial charge in [0.05, 0.1) is 5.69 Å². The summed E-state index contributed by atoms with van der Waals surface area (Å²) in [5.74, 6) is -1.95. The van der Waals surface area contributed by atoms with Gasteiger partial charge in [0.2, 0.25) is 5.91 Å². The average molecular weight is 343 g/mol. The molecule has 1 atom stereocenters. The Bertz CT molecular complexity index is 853. The van der Waals surface area contributed by atoms with Crippen molar-refractivity contribution >= 4 is 29.0 Å². The van der Waals surface area contributed by atoms with E-state index in [2.05, 4.69) is 15.4 Å². The molecule has 128 valence electrons. The van der Waals surface area contributed by atoms with E-state index in [0.717, 1.165) is 0 Å². The fraction of sp³-hybridized carbons (Fsp3) is 0.125. The molecule has 2 amide bonds. The third-order valence-electron chi connectivity index (χ3n) is 3.61. The summed E-state index contributed by atoms with van der Waals surface area (Å²) in [6.07, 6.45) is 1.38. The highest BCUT2D eigenvalue weighted by Gasteiger charge is 2.35. The maximum Gasteiger partial charge on any atom is 0.273 e. The van der Waals surface area contributed by atoms with Gasteiger partial charge in [-0.25, -0.2) is 9.37 Å². The largest absolute Gasteiger partial charge is 0.504 e. The maximum absolute atomic E-state index is 13.1. The predicted octanol–water partition coefficient (Wildman–Crippen LogP) is 0.985. The topological polar surface area (TPSA) is 121 Å². The van der Waals surface area contributed by atoms with Crippen molar-refractivity contribution in [3.63, 3.8) is 0 Å². The summed E-state index contributed by atoms with van der Waals surface area (Å²) in [7, 11) is 0. The lowest BCUT2D eigenvalue weighted by atomic mass is 10.1. The zero-order valence-electron chi connectivity index (χ0n) is 12.9. The number of anilines is 2. The van der Waals surface area contributed by atoms with Gasteiger partial charge in [0.15, 0.2) is 11.6 Å². The number of halogens is 1. The molecule has 1 aromatic heterocycles. The lowest BCUT2D eigenvalue weighted by Crippen LogP contribution is -2.39. The van der Waals surface area contributed by atoms with Crippen LogP contribution in [0.2, 0.25) is 0 Å². The summed E-state index contributed by atoms with van der Waals surface area (Å²) in [6.45, 7) is 0. The zero-order valence-corrected chi connectivity index (χ0v) is 12.9. The van der Waals surface area contributed by atoms with Crippen LogP contribution in [0.5, 0.6) is 5.75 Å². The molecule has 0 spiro atoms. The molecule has 0 bridgehead atoms. The van der Waals surface area contributed by atoms with Crippen LogP contribution in [0.4, 0.5) is 15.9 Å². The monoisotopic (exact) mass is 343 g/mol. The number of carbonyl (C=O) groups is 2. The fourth-order valence-corrected chi connectivity index (χ4v) is 2.37. The van der Waals surface area contributed by atoms with Crippen LogP contribution in [0, 0.1) is 5.82 Å². The van der Waals surface area contributed by atoms with Crippen molar-refractivity contribution in [1.82, 2.24) is 4.98 Å². The molecule has 4 N–H and O–H groups in total. The number of aromatic hydroxyl groups is 1. The minimum atomic E-state index is -0.872. The number of nitrogens with two attached hydrogens (primary N) is 1. The zero-order chi connectivity index (χ0) is 18.0. The molecule has 25 heavy (non-hydrogen) atoms. The summed E-state index contributed by atoms with van der Waals surface area (Å²) >= 11 is 0. The molecule has 1 aliphatic rings. The molecule has 2 aromatic rings. The first kappa shape index (κ1) is 16.4. The van der Waals surface area contributed by atoms with Gasteiger partial charge in [0.1, 0.15) is 17.6 Å². The Kier molecular flexibility index (Phi) is 4.29. The Morgan fingerprint density at radius 1 is 1.28 bits per heavy atom. The van der Waals surface area contributed by atoms with Crippen molar-refractivity contribution in [3.8, 4) is 5.75 Å². The molecule has 0 aliphatic carbocycles. The first-order chi connectivity index (χ1) is 12.0. The highest BCUT2D eigenvalue weighted by atomic mass is 19.1. The van der Waals surface area contributed by atoms with E-state index in [1.165, 1.54) is 47.6 Å². The Hall–Kier alpha value is -3.49. The standard InChI is InChI=1S/C16H14FN5O3/c17-9-3-5-10(6-4-9)22-12(14(18)24)8-11(21-22)16(25)20-15-13(23)2-1-7-19-15/h1-7,12,23H,8H2,(H2,18,24)(H,19,20,25). The number of nitrogens with one attached hydrogen (secondary N) is 1. The van der Waals surface area contributed by atoms with Crippen LogP contribution in [0.25, 0.3) is 0 Å². The van der Waals surface area contributed by atoms with E-state index in [1.807, 2.05) is 0 Å². The van der Waals surface area contributed by atoms with Crippen molar-refractivity contribution in [2.45, 2.75) is 12.5 Å². The molecule has 0 fully saturated rings. The number of benzene rings is 1. The number of nitrogens with zero attached hydrogens (tertiary/aromatic N) is 3. The number of hydrogen-bond donors (Lipinski definition) is 3. The van der Waals surface area contributed by atoms with Crippen molar-refractivity contribution < 1.29 is 19.1 Å². The van der Waals surface area contributed by atoms with Crippen LogP contribution in [0.3, 0.4) is 0 Å². The van der Waals surface area contributed by atoms with Crippen LogP contribution >= 0.6 is 0 Å². The first-order valence-corrected chi connectivity index (χ1v) is 7.32. The molecule has 3 rings (SSSR count). The molecule has 2 heterocycles. The molecule has 0 saturated heterocycles. The minimum absolute atomic E-state index is 0.0217. The SMILES string of the molecule is NC(=O)C1CC(C(=O)Nc2ncccc2O)=NN1c1ccc(F)cc1. The highest BCUT2D eigenvalue weighted by molar-refractivity contribution is 6.44. The van der Waals surface area contributed by atoms with Gasteiger partial charge >= 0.3 is 0 Å². The Morgan fingerprint density at radius 2 is 2.00 bits per heavy atom. The van der Waals surface area contributed by atoms with Gasteiger partial charge in [-0.15, -0.1) is 0 Å². The maximum atomic E-state index is 13.1. The number of hydrazone groups is 1. The molecular weight excluding hydrogens is 329 g/mol. The molecule has 1 aliphatic heterocycles. The number of carbonyl (C=O) groups excluding carboxylic acids is 2. The number of primary amides is 1. The van der Waals surface area contributed by atoms with Gasteiger partial charge in [-0.1, -0.05) is 0 Å². The van der Waals surface area contributed by atoms with Gasteiger partial charge < -0.3 is 16.2 Å². The van der Waals surface area contributed by atoms with E-state index < -0.39 is 23.7 Å². The quantitative estimate of drug-likeness (QED) is 0.764. The number of hydrogen-bond acceptors (Lipinski definition) is 6. The van der Waals surface area contributed by atoms with Crippen LogP contribution in [0.15, 0.2) is 47.7 Å². The normalized spacial score (nSPS) is 16.4. The third kappa shape index (κ3) is 3.39. The van der Waals surface area contributed by atoms with Crippen LogP contribution in [0.1, 0.15) is 6.42 Å². The van der Waals surface area contributed by atoms with Gasteiger partial charge in [-0.2, -0.15) is 5.10 Å². The molecule has 9 heteroatoms. The van der Waals surface area contributed by atoms with Gasteiger partial charge in [-0.05, 0) is 36.4 Å². The fourth-order valence-electron chi connectivity index (χ4n) is 2.37. The van der Waals surface area contributed by atoms with Crippen molar-refractivity contribution in [2.75, 3.05) is 10.3 Å². The second kappa shape index (κ2) is 6.56. The van der Waals surface area contributed by atoms with Gasteiger partial charge in [-0.3, -0.25) is 14.6 Å². The molecule has 1 aromatic carbocycles. The van der Waals surface area contributed by atoms with Crippen LogP contribution in [-0.2, 0) is 9.59 Å². The molecular formula is C16H14FN5O3. The Balaban J connectivity index is 1.85. The second-order valence-electron chi connectivity index (χ2n) is 5.32. The van der Waals surface area contributed by atoms with Crippen LogP contribution in [-0.4, -0.2) is 33.7 Å². The van der Waals surface area contributed by atoms with E-state index in [1.54, 1.807) is 0 Å². The smallest absolute Gasteiger partial charge is 0.273 e. The Labute approximate surface area is 141 Å². The Morgan fingerprint density at radius 3 is 2.64 bits per heavy atom. The van der Waals surface area contributed by atoms with E-state index in [0.29, 0.717) is 5.69 Å². The van der Waals surface area contributed by atoms with Crippen LogP contribution < -0.4 is 16.1 Å². The van der Waals surface area contributed by atoms with Gasteiger partial charge in [0, 0.05) is 12.6 Å². The van der Waals surface area contributed by atoms with Crippen molar-refractivity contribution in [2.24, 2.45) is 10.8 Å². The molecule has 1 unspecified atom stereocenters. The van der Waals surface area contributed by atoms with Gasteiger partial charge in [0.25, 0.3) is 5.91 Å². The summed E-state index contributed by atoms with van der Waals surface area (Å²) in [4.78, 5) is 27.9. The average Bonchev–Trinajstić information content (AvgIpc) is 3.03. The van der Waals surface area contributed by atoms with E-state index in [4.69, 9.17) is 5.73 Å². The minimum Gasteiger partial charge on any atom is -0.504 e. The summed E-state index contributed by atoms with van der Waals surface area (Å²) in [5, 5.41) is 17.5. The number of rotatable bonds is 4. The van der Waals surface area contributed by atoms with E-state index in [9.17, 15) is 19.1 Å². The molecule has 0 saturated carbocycles. The third-order valence-corrected chi connectivity index (χ3v) is 3.61. The number of pyridine rings is 1. The molecule has 0 radical (unpaired) electrons. The second-order valence-corrected chi connectivity index (χ2v) is 5.32. The van der Waals surface area contributed by atoms with Crippen molar-refractivity contribution in [3.05, 3.63) is 48.4 Å². The number of amides is 2. The summed E-state index contributed by atoms with van der Waals surface area (Å²) in [6, 6.07) is 7.30. The summed E-state index contributed by atoms with van der Waals surface area (Å²) < 4.78 is 13.1. The molecule has 8 nitrogen and oxygen atoms in total. The highest BCUT2D eigenvalue weighted by Crippen LogP contribution is 2.26. The lowest BCUT2D eigenvalue weighted by Gasteiger charge is -2.20. The lowest BCUT2D eigenvalue weighted by molar-refractivity contribution is -0.119.